The third-order valence-corrected chi connectivity index (χ3v) is 2.55. The van der Waals surface area contributed by atoms with Gasteiger partial charge in [0.1, 0.15) is 5.76 Å². The molecule has 0 atom stereocenters. The van der Waals surface area contributed by atoms with Crippen LogP contribution in [0.2, 0.25) is 0 Å². The highest BCUT2D eigenvalue weighted by atomic mass is 16.7. The second kappa shape index (κ2) is 3.16. The second-order valence-electron chi connectivity index (χ2n) is 3.57. The summed E-state index contributed by atoms with van der Waals surface area (Å²) in [5, 5.41) is 3.72. The summed E-state index contributed by atoms with van der Waals surface area (Å²) in [7, 11) is 0. The van der Waals surface area contributed by atoms with Crippen LogP contribution in [-0.2, 0) is 0 Å². The molecule has 2 N–H and O–H groups in total. The zero-order valence-electron chi connectivity index (χ0n) is 8.69. The number of hydrogen-bond acceptors (Lipinski definition) is 5. The number of rotatable bonds is 1. The predicted octanol–water partition coefficient (Wildman–Crippen LogP) is 1.96. The topological polar surface area (TPSA) is 70.5 Å². The van der Waals surface area contributed by atoms with Gasteiger partial charge in [-0.3, -0.25) is 0 Å². The molecule has 1 aliphatic heterocycles. The van der Waals surface area contributed by atoms with Crippen molar-refractivity contribution in [3.63, 3.8) is 0 Å². The Kier molecular flexibility index (Phi) is 1.80. The maximum Gasteiger partial charge on any atom is 0.231 e. The largest absolute Gasteiger partial charge is 0.454 e. The number of hydrogen-bond donors (Lipinski definition) is 1. The zero-order chi connectivity index (χ0) is 11.1. The number of fused-ring (bicyclic) bond motifs is 1. The number of benzene rings is 1. The summed E-state index contributed by atoms with van der Waals surface area (Å²) in [6.45, 7) is 2.08. The van der Waals surface area contributed by atoms with Gasteiger partial charge in [0, 0.05) is 0 Å². The maximum atomic E-state index is 5.74. The number of aromatic nitrogens is 1. The quantitative estimate of drug-likeness (QED) is 0.792. The van der Waals surface area contributed by atoms with E-state index in [4.69, 9.17) is 19.7 Å². The molecule has 0 spiro atoms. The molecule has 2 aromatic rings. The summed E-state index contributed by atoms with van der Waals surface area (Å²) in [4.78, 5) is 0. The van der Waals surface area contributed by atoms with E-state index in [0.29, 0.717) is 11.6 Å². The molecule has 0 saturated heterocycles. The average Bonchev–Trinajstić information content (AvgIpc) is 2.85. The smallest absolute Gasteiger partial charge is 0.231 e. The Labute approximate surface area is 91.7 Å². The molecule has 0 bridgehead atoms. The Morgan fingerprint density at radius 3 is 2.81 bits per heavy atom. The van der Waals surface area contributed by atoms with Crippen LogP contribution in [0, 0.1) is 6.92 Å². The summed E-state index contributed by atoms with van der Waals surface area (Å²) in [5.74, 6) is 2.54. The maximum absolute atomic E-state index is 5.74. The van der Waals surface area contributed by atoms with Gasteiger partial charge in [0.05, 0.1) is 5.56 Å². The van der Waals surface area contributed by atoms with Gasteiger partial charge in [0.25, 0.3) is 0 Å². The van der Waals surface area contributed by atoms with E-state index in [-0.39, 0.29) is 6.79 Å². The van der Waals surface area contributed by atoms with Gasteiger partial charge < -0.3 is 19.7 Å². The van der Waals surface area contributed by atoms with E-state index in [9.17, 15) is 0 Å². The van der Waals surface area contributed by atoms with Gasteiger partial charge in [0.2, 0.25) is 6.79 Å². The van der Waals surface area contributed by atoms with Crippen LogP contribution in [0.1, 0.15) is 5.76 Å². The van der Waals surface area contributed by atoms with Crippen LogP contribution >= 0.6 is 0 Å². The molecule has 0 radical (unpaired) electrons. The van der Waals surface area contributed by atoms with Gasteiger partial charge >= 0.3 is 0 Å². The fourth-order valence-electron chi connectivity index (χ4n) is 1.79. The van der Waals surface area contributed by atoms with Gasteiger partial charge in [-0.25, -0.2) is 0 Å². The van der Waals surface area contributed by atoms with Gasteiger partial charge in [-0.05, 0) is 24.6 Å². The fraction of sp³-hybridized carbons (Fsp3) is 0.182. The predicted molar refractivity (Wildman–Crippen MR) is 57.2 cm³/mol. The van der Waals surface area contributed by atoms with Crippen LogP contribution in [0.5, 0.6) is 11.5 Å². The molecule has 1 aromatic heterocycles. The molecule has 0 fully saturated rings. The first kappa shape index (κ1) is 9.08. The third-order valence-electron chi connectivity index (χ3n) is 2.55. The Hall–Kier alpha value is -2.17. The first-order valence-electron chi connectivity index (χ1n) is 4.87. The third kappa shape index (κ3) is 1.21. The molecule has 82 valence electrons. The number of ether oxygens (including phenoxy) is 2. The van der Waals surface area contributed by atoms with Crippen LogP contribution < -0.4 is 15.2 Å². The summed E-state index contributed by atoms with van der Waals surface area (Å²) < 4.78 is 15.6. The van der Waals surface area contributed by atoms with Crippen molar-refractivity contribution in [1.82, 2.24) is 5.16 Å². The highest BCUT2D eigenvalue weighted by Gasteiger charge is 2.17. The molecule has 3 rings (SSSR count). The molecular formula is C11H10N2O3. The van der Waals surface area contributed by atoms with Gasteiger partial charge in [-0.2, -0.15) is 0 Å². The number of nitrogens with zero attached hydrogens (tertiary/aromatic N) is 1. The summed E-state index contributed by atoms with van der Waals surface area (Å²) in [6.07, 6.45) is 0. The molecule has 2 heterocycles. The number of nitrogens with two attached hydrogens (primary N) is 1. The average molecular weight is 218 g/mol. The molecule has 0 unspecified atom stereocenters. The van der Waals surface area contributed by atoms with Crippen molar-refractivity contribution in [2.75, 3.05) is 12.5 Å². The van der Waals surface area contributed by atoms with Crippen LogP contribution in [-0.4, -0.2) is 11.9 Å². The molecule has 5 heteroatoms. The van der Waals surface area contributed by atoms with E-state index in [1.54, 1.807) is 0 Å². The zero-order valence-corrected chi connectivity index (χ0v) is 8.69. The summed E-state index contributed by atoms with van der Waals surface area (Å²) >= 11 is 0. The lowest BCUT2D eigenvalue weighted by atomic mass is 10.1. The Balaban J connectivity index is 2.14. The van der Waals surface area contributed by atoms with E-state index in [1.807, 2.05) is 25.1 Å². The normalized spacial score (nSPS) is 13.1. The van der Waals surface area contributed by atoms with Gasteiger partial charge in [0.15, 0.2) is 17.3 Å². The minimum Gasteiger partial charge on any atom is -0.454 e. The Morgan fingerprint density at radius 2 is 2.06 bits per heavy atom. The summed E-state index contributed by atoms with van der Waals surface area (Å²) in [6, 6.07) is 5.63. The second-order valence-corrected chi connectivity index (χ2v) is 3.57. The van der Waals surface area contributed by atoms with Crippen LogP contribution in [0.4, 0.5) is 5.82 Å². The van der Waals surface area contributed by atoms with E-state index in [2.05, 4.69) is 5.16 Å². The molecule has 0 amide bonds. The number of anilines is 1. The lowest BCUT2D eigenvalue weighted by molar-refractivity contribution is 0.174. The minimum atomic E-state index is 0.261. The molecule has 5 nitrogen and oxygen atoms in total. The van der Waals surface area contributed by atoms with Crippen molar-refractivity contribution in [2.24, 2.45) is 0 Å². The molecule has 1 aromatic carbocycles. The fourth-order valence-corrected chi connectivity index (χ4v) is 1.79. The highest BCUT2D eigenvalue weighted by molar-refractivity contribution is 5.77. The highest BCUT2D eigenvalue weighted by Crippen LogP contribution is 2.38. The molecule has 16 heavy (non-hydrogen) atoms. The van der Waals surface area contributed by atoms with E-state index in [1.165, 1.54) is 0 Å². The summed E-state index contributed by atoms with van der Waals surface area (Å²) in [5.41, 5.74) is 7.46. The van der Waals surface area contributed by atoms with Crippen molar-refractivity contribution in [3.8, 4) is 22.6 Å². The lowest BCUT2D eigenvalue weighted by Gasteiger charge is -2.01. The molecule has 0 saturated carbocycles. The first-order chi connectivity index (χ1) is 7.75. The number of aryl methyl sites for hydroxylation is 1. The molecule has 0 aliphatic carbocycles. The first-order valence-corrected chi connectivity index (χ1v) is 4.87. The van der Waals surface area contributed by atoms with Gasteiger partial charge in [-0.1, -0.05) is 11.2 Å². The van der Waals surface area contributed by atoms with E-state index >= 15 is 0 Å². The van der Waals surface area contributed by atoms with Gasteiger partial charge in [-0.15, -0.1) is 0 Å². The Bertz CT molecular complexity index is 529. The Morgan fingerprint density at radius 1 is 1.25 bits per heavy atom. The van der Waals surface area contributed by atoms with E-state index in [0.717, 1.165) is 22.6 Å². The number of nitrogen functional groups attached to an aromatic ring is 1. The standard InChI is InChI=1S/C11H10N2O3/c1-6-10(11(12)13-16-6)7-2-3-8-9(4-7)15-5-14-8/h2-4H,5H2,1H3,(H2,12,13). The van der Waals surface area contributed by atoms with Crippen LogP contribution in [0.3, 0.4) is 0 Å². The molecule has 1 aliphatic rings. The van der Waals surface area contributed by atoms with Crippen molar-refractivity contribution >= 4 is 5.82 Å². The SMILES string of the molecule is Cc1onc(N)c1-c1ccc2c(c1)OCO2. The molecular weight excluding hydrogens is 208 g/mol. The van der Waals surface area contributed by atoms with Crippen molar-refractivity contribution < 1.29 is 14.0 Å². The van der Waals surface area contributed by atoms with Crippen molar-refractivity contribution in [1.29, 1.82) is 0 Å². The monoisotopic (exact) mass is 218 g/mol. The van der Waals surface area contributed by atoms with E-state index < -0.39 is 0 Å². The van der Waals surface area contributed by atoms with Crippen LogP contribution in [0.15, 0.2) is 22.7 Å². The minimum absolute atomic E-state index is 0.261. The lowest BCUT2D eigenvalue weighted by Crippen LogP contribution is -1.92. The van der Waals surface area contributed by atoms with Crippen molar-refractivity contribution in [3.05, 3.63) is 24.0 Å². The van der Waals surface area contributed by atoms with Crippen molar-refractivity contribution in [2.45, 2.75) is 6.92 Å². The van der Waals surface area contributed by atoms with Crippen LogP contribution in [0.25, 0.3) is 11.1 Å².